The van der Waals surface area contributed by atoms with E-state index in [1.165, 1.54) is 39.3 Å². The van der Waals surface area contributed by atoms with E-state index in [1.54, 1.807) is 18.2 Å². The molecule has 0 saturated carbocycles. The van der Waals surface area contributed by atoms with Gasteiger partial charge >= 0.3 is 5.97 Å². The van der Waals surface area contributed by atoms with Crippen LogP contribution >= 0.6 is 0 Å². The van der Waals surface area contributed by atoms with E-state index in [0.29, 0.717) is 11.1 Å². The average Bonchev–Trinajstić information content (AvgIpc) is 3.40. The van der Waals surface area contributed by atoms with Crippen LogP contribution in [-0.4, -0.2) is 101 Å². The van der Waals surface area contributed by atoms with Crippen molar-refractivity contribution in [3.05, 3.63) is 47.5 Å². The fourth-order valence-electron chi connectivity index (χ4n) is 5.15. The van der Waals surface area contributed by atoms with E-state index in [4.69, 9.17) is 28.4 Å². The van der Waals surface area contributed by atoms with Crippen molar-refractivity contribution in [1.82, 2.24) is 0 Å². The summed E-state index contributed by atoms with van der Waals surface area (Å²) in [4.78, 5) is 11.6. The summed E-state index contributed by atoms with van der Waals surface area (Å²) in [5.74, 6) is -0.958. The van der Waals surface area contributed by atoms with Crippen molar-refractivity contribution in [2.24, 2.45) is 11.8 Å². The Labute approximate surface area is 236 Å². The quantitative estimate of drug-likeness (QED) is 0.209. The van der Waals surface area contributed by atoms with Crippen LogP contribution < -0.4 is 14.2 Å². The van der Waals surface area contributed by atoms with Crippen molar-refractivity contribution >= 4 is 5.97 Å². The average molecular weight is 581 g/mol. The van der Waals surface area contributed by atoms with Crippen LogP contribution in [-0.2, 0) is 19.0 Å². The Balaban J connectivity index is 1.56. The number of phenolic OH excluding ortho intramolecular Hbond substituents is 1. The van der Waals surface area contributed by atoms with Gasteiger partial charge in [0.1, 0.15) is 24.4 Å². The Morgan fingerprint density at radius 3 is 2.39 bits per heavy atom. The molecule has 4 unspecified atom stereocenters. The topological polar surface area (TPSA) is 194 Å². The molecule has 4 rings (SSSR count). The fourth-order valence-corrected chi connectivity index (χ4v) is 5.15. The number of methoxy groups -OCH3 is 2. The van der Waals surface area contributed by atoms with Gasteiger partial charge in [0.2, 0.25) is 6.29 Å². The van der Waals surface area contributed by atoms with Crippen LogP contribution in [0.5, 0.6) is 23.0 Å². The van der Waals surface area contributed by atoms with Crippen molar-refractivity contribution < 1.29 is 63.9 Å². The largest absolute Gasteiger partial charge is 0.504 e. The molecular weight excluding hydrogens is 544 g/mol. The molecule has 2 aromatic carbocycles. The molecule has 2 aromatic rings. The molecule has 9 atom stereocenters. The molecule has 2 aliphatic rings. The van der Waals surface area contributed by atoms with Crippen molar-refractivity contribution in [2.45, 2.75) is 49.8 Å². The Morgan fingerprint density at radius 2 is 1.73 bits per heavy atom. The zero-order valence-electron chi connectivity index (χ0n) is 22.8. The SMILES string of the molecule is COc1cc(C2OCC(C(O)c3ccc(O[C@@H]4O[C@H](CO)[C@@H](O)[C@H](O)[C@H]4O)c(OC)c3)C2COC(C)=O)ccc1O. The van der Waals surface area contributed by atoms with Crippen LogP contribution in [0.25, 0.3) is 0 Å². The zero-order chi connectivity index (χ0) is 29.8. The summed E-state index contributed by atoms with van der Waals surface area (Å²) < 4.78 is 33.2. The third-order valence-electron chi connectivity index (χ3n) is 7.44. The highest BCUT2D eigenvalue weighted by atomic mass is 16.7. The van der Waals surface area contributed by atoms with Crippen molar-refractivity contribution in [1.29, 1.82) is 0 Å². The molecule has 0 amide bonds. The minimum absolute atomic E-state index is 0.0274. The number of carbonyl (C=O) groups is 1. The van der Waals surface area contributed by atoms with Crippen LogP contribution in [0, 0.1) is 11.8 Å². The van der Waals surface area contributed by atoms with Gasteiger partial charge in [-0.2, -0.15) is 0 Å². The molecular formula is C28H36O13. The molecule has 2 heterocycles. The summed E-state index contributed by atoms with van der Waals surface area (Å²) >= 11 is 0. The maximum Gasteiger partial charge on any atom is 0.302 e. The lowest BCUT2D eigenvalue weighted by atomic mass is 9.82. The predicted molar refractivity (Wildman–Crippen MR) is 139 cm³/mol. The van der Waals surface area contributed by atoms with Crippen molar-refractivity contribution in [2.75, 3.05) is 34.0 Å². The highest BCUT2D eigenvalue weighted by Crippen LogP contribution is 2.46. The van der Waals surface area contributed by atoms with Gasteiger partial charge in [-0.25, -0.2) is 0 Å². The molecule has 6 N–H and O–H groups in total. The number of hydrogen-bond acceptors (Lipinski definition) is 13. The Bertz CT molecular complexity index is 1190. The highest BCUT2D eigenvalue weighted by molar-refractivity contribution is 5.65. The van der Waals surface area contributed by atoms with Crippen LogP contribution in [0.4, 0.5) is 0 Å². The number of carbonyl (C=O) groups excluding carboxylic acids is 1. The van der Waals surface area contributed by atoms with Gasteiger partial charge in [0, 0.05) is 18.8 Å². The third-order valence-corrected chi connectivity index (χ3v) is 7.44. The number of aliphatic hydroxyl groups is 5. The second kappa shape index (κ2) is 13.2. The van der Waals surface area contributed by atoms with Gasteiger partial charge in [-0.1, -0.05) is 12.1 Å². The number of rotatable bonds is 10. The second-order valence-electron chi connectivity index (χ2n) is 9.99. The molecule has 0 aromatic heterocycles. The third kappa shape index (κ3) is 6.51. The first-order valence-corrected chi connectivity index (χ1v) is 13.0. The second-order valence-corrected chi connectivity index (χ2v) is 9.99. The number of ether oxygens (including phenoxy) is 6. The Hall–Kier alpha value is -3.17. The van der Waals surface area contributed by atoms with Crippen LogP contribution in [0.15, 0.2) is 36.4 Å². The summed E-state index contributed by atoms with van der Waals surface area (Å²) in [6, 6.07) is 9.37. The minimum atomic E-state index is -1.61. The zero-order valence-corrected chi connectivity index (χ0v) is 22.8. The van der Waals surface area contributed by atoms with Crippen molar-refractivity contribution in [3.63, 3.8) is 0 Å². The van der Waals surface area contributed by atoms with E-state index in [0.717, 1.165) is 0 Å². The van der Waals surface area contributed by atoms with Crippen LogP contribution in [0.1, 0.15) is 30.3 Å². The molecule has 0 aliphatic carbocycles. The normalized spacial score (nSPS) is 30.4. The highest BCUT2D eigenvalue weighted by Gasteiger charge is 2.46. The van der Waals surface area contributed by atoms with E-state index >= 15 is 0 Å². The van der Waals surface area contributed by atoms with E-state index in [-0.39, 0.29) is 36.2 Å². The number of hydrogen-bond donors (Lipinski definition) is 6. The van der Waals surface area contributed by atoms with Gasteiger partial charge < -0.3 is 59.1 Å². The molecule has 0 radical (unpaired) electrons. The van der Waals surface area contributed by atoms with Crippen LogP contribution in [0.2, 0.25) is 0 Å². The lowest BCUT2D eigenvalue weighted by Gasteiger charge is -2.39. The van der Waals surface area contributed by atoms with Gasteiger partial charge in [-0.3, -0.25) is 4.79 Å². The maximum absolute atomic E-state index is 11.6. The molecule has 0 bridgehead atoms. The monoisotopic (exact) mass is 580 g/mol. The van der Waals surface area contributed by atoms with Gasteiger partial charge in [0.15, 0.2) is 23.0 Å². The summed E-state index contributed by atoms with van der Waals surface area (Å²) in [5.41, 5.74) is 1.11. The first kappa shape index (κ1) is 30.8. The molecule has 13 nitrogen and oxygen atoms in total. The van der Waals surface area contributed by atoms with Gasteiger partial charge in [0.05, 0.1) is 46.2 Å². The maximum atomic E-state index is 11.6. The number of aromatic hydroxyl groups is 1. The minimum Gasteiger partial charge on any atom is -0.504 e. The predicted octanol–water partition coefficient (Wildman–Crippen LogP) is 0.188. The molecule has 2 fully saturated rings. The fraction of sp³-hybridized carbons (Fsp3) is 0.536. The number of aliphatic hydroxyl groups excluding tert-OH is 5. The van der Waals surface area contributed by atoms with E-state index in [1.807, 2.05) is 0 Å². The molecule has 13 heteroatoms. The molecule has 41 heavy (non-hydrogen) atoms. The summed E-state index contributed by atoms with van der Waals surface area (Å²) in [5, 5.41) is 61.3. The van der Waals surface area contributed by atoms with Gasteiger partial charge in [-0.05, 0) is 35.4 Å². The van der Waals surface area contributed by atoms with Crippen LogP contribution in [0.3, 0.4) is 0 Å². The Morgan fingerprint density at radius 1 is 1.00 bits per heavy atom. The van der Waals surface area contributed by atoms with Gasteiger partial charge in [0.25, 0.3) is 0 Å². The van der Waals surface area contributed by atoms with E-state index < -0.39 is 67.3 Å². The van der Waals surface area contributed by atoms with Gasteiger partial charge in [-0.15, -0.1) is 0 Å². The van der Waals surface area contributed by atoms with E-state index in [2.05, 4.69) is 0 Å². The molecule has 226 valence electrons. The lowest BCUT2D eigenvalue weighted by Crippen LogP contribution is -2.60. The molecule has 2 saturated heterocycles. The standard InChI is InChI=1S/C28H36O13/c1-13(30)38-12-17-16(11-39-27(17)15-4-6-18(31)20(9-15)36-2)23(32)14-5-7-19(21(8-14)37-3)40-28-26(35)25(34)24(33)22(10-29)41-28/h4-9,16-17,22-29,31-35H,10-12H2,1-3H3/t16?,17?,22-,23?,24-,25+,26-,27?,28-/m1/s1. The number of phenols is 1. The summed E-state index contributed by atoms with van der Waals surface area (Å²) in [7, 11) is 2.80. The lowest BCUT2D eigenvalue weighted by molar-refractivity contribution is -0.277. The van der Waals surface area contributed by atoms with Crippen molar-refractivity contribution in [3.8, 4) is 23.0 Å². The molecule has 0 spiro atoms. The first-order valence-electron chi connectivity index (χ1n) is 13.0. The summed E-state index contributed by atoms with van der Waals surface area (Å²) in [6.45, 7) is 0.786. The number of esters is 1. The number of benzene rings is 2. The smallest absolute Gasteiger partial charge is 0.302 e. The summed E-state index contributed by atoms with van der Waals surface area (Å²) in [6.07, 6.45) is -8.99. The Kier molecular flexibility index (Phi) is 9.92. The molecule has 2 aliphatic heterocycles. The first-order chi connectivity index (χ1) is 19.6. The van der Waals surface area contributed by atoms with E-state index in [9.17, 15) is 35.4 Å².